The minimum atomic E-state index is -1.03. The number of urea groups is 1. The van der Waals surface area contributed by atoms with Crippen molar-refractivity contribution in [3.63, 3.8) is 0 Å². The van der Waals surface area contributed by atoms with Crippen molar-refractivity contribution in [2.75, 3.05) is 23.4 Å². The molecule has 0 bridgehead atoms. The first-order chi connectivity index (χ1) is 9.54. The minimum absolute atomic E-state index is 0.135. The summed E-state index contributed by atoms with van der Waals surface area (Å²) in [6, 6.07) is 4.22. The van der Waals surface area contributed by atoms with Gasteiger partial charge in [-0.15, -0.1) is 18.2 Å². The van der Waals surface area contributed by atoms with Crippen molar-refractivity contribution in [2.24, 2.45) is 0 Å². The van der Waals surface area contributed by atoms with Gasteiger partial charge >= 0.3 is 12.0 Å². The van der Waals surface area contributed by atoms with Gasteiger partial charge in [-0.1, -0.05) is 12.0 Å². The number of thioether (sulfide) groups is 1. The van der Waals surface area contributed by atoms with E-state index in [1.54, 1.807) is 24.8 Å². The Morgan fingerprint density at radius 2 is 2.20 bits per heavy atom. The van der Waals surface area contributed by atoms with Crippen LogP contribution in [-0.2, 0) is 0 Å². The predicted octanol–water partition coefficient (Wildman–Crippen LogP) is 2.18. The summed E-state index contributed by atoms with van der Waals surface area (Å²) in [6.07, 6.45) is 5.11. The molecule has 1 aromatic rings. The molecule has 20 heavy (non-hydrogen) atoms. The average molecular weight is 292 g/mol. The second kappa shape index (κ2) is 8.12. The summed E-state index contributed by atoms with van der Waals surface area (Å²) >= 11 is 1.55. The van der Waals surface area contributed by atoms with Crippen LogP contribution in [0.3, 0.4) is 0 Å². The Morgan fingerprint density at radius 3 is 2.85 bits per heavy atom. The van der Waals surface area contributed by atoms with Gasteiger partial charge in [-0.3, -0.25) is 0 Å². The highest BCUT2D eigenvalue weighted by Gasteiger charge is 2.08. The topological polar surface area (TPSA) is 78.4 Å². The largest absolute Gasteiger partial charge is 0.478 e. The van der Waals surface area contributed by atoms with Gasteiger partial charge < -0.3 is 15.7 Å². The third-order valence-corrected chi connectivity index (χ3v) is 3.31. The standard InChI is InChI=1S/C14H16N2O3S/c1-3-7-20-8-6-15-14(19)16-12-9-11(13(17)18)5-4-10(12)2/h1,4-5,9H,6-8H2,2H3,(H,17,18)(H2,15,16,19). The van der Waals surface area contributed by atoms with E-state index in [2.05, 4.69) is 16.6 Å². The Hall–Kier alpha value is -2.13. The van der Waals surface area contributed by atoms with Gasteiger partial charge in [-0.2, -0.15) is 0 Å². The molecule has 0 aliphatic heterocycles. The molecule has 5 nitrogen and oxygen atoms in total. The van der Waals surface area contributed by atoms with Crippen LogP contribution in [-0.4, -0.2) is 35.2 Å². The van der Waals surface area contributed by atoms with Crippen LogP contribution in [0.2, 0.25) is 0 Å². The van der Waals surface area contributed by atoms with E-state index < -0.39 is 5.97 Å². The van der Waals surface area contributed by atoms with Gasteiger partial charge in [-0.25, -0.2) is 9.59 Å². The molecule has 0 heterocycles. The molecule has 0 unspecified atom stereocenters. The quantitative estimate of drug-likeness (QED) is 0.555. The molecular formula is C14H16N2O3S. The maximum Gasteiger partial charge on any atom is 0.335 e. The fourth-order valence-corrected chi connectivity index (χ4v) is 1.93. The first-order valence-electron chi connectivity index (χ1n) is 5.94. The molecule has 0 fully saturated rings. The first-order valence-corrected chi connectivity index (χ1v) is 7.10. The van der Waals surface area contributed by atoms with Crippen molar-refractivity contribution < 1.29 is 14.7 Å². The van der Waals surface area contributed by atoms with Crippen LogP contribution in [0, 0.1) is 19.3 Å². The van der Waals surface area contributed by atoms with E-state index >= 15 is 0 Å². The van der Waals surface area contributed by atoms with Crippen LogP contribution in [0.25, 0.3) is 0 Å². The normalized spacial score (nSPS) is 9.60. The second-order valence-electron chi connectivity index (χ2n) is 3.97. The number of terminal acetylenes is 1. The molecular weight excluding hydrogens is 276 g/mol. The second-order valence-corrected chi connectivity index (χ2v) is 5.08. The average Bonchev–Trinajstić information content (AvgIpc) is 2.40. The van der Waals surface area contributed by atoms with Gasteiger partial charge in [0.05, 0.1) is 11.3 Å². The SMILES string of the molecule is C#CCSCCNC(=O)Nc1cc(C(=O)O)ccc1C. The molecule has 1 rings (SSSR count). The third-order valence-electron chi connectivity index (χ3n) is 2.45. The number of hydrogen-bond acceptors (Lipinski definition) is 3. The first kappa shape index (κ1) is 15.9. The maximum atomic E-state index is 11.7. The van der Waals surface area contributed by atoms with Crippen molar-refractivity contribution in [1.82, 2.24) is 5.32 Å². The molecule has 0 aliphatic carbocycles. The Labute approximate surface area is 122 Å². The molecule has 6 heteroatoms. The van der Waals surface area contributed by atoms with Crippen LogP contribution in [0.15, 0.2) is 18.2 Å². The van der Waals surface area contributed by atoms with Crippen molar-refractivity contribution in [1.29, 1.82) is 0 Å². The van der Waals surface area contributed by atoms with E-state index in [0.717, 1.165) is 11.3 Å². The smallest absolute Gasteiger partial charge is 0.335 e. The number of carbonyl (C=O) groups is 2. The van der Waals surface area contributed by atoms with Gasteiger partial charge in [0.25, 0.3) is 0 Å². The van der Waals surface area contributed by atoms with Crippen LogP contribution in [0.4, 0.5) is 10.5 Å². The molecule has 0 atom stereocenters. The number of carboxylic acids is 1. The van der Waals surface area contributed by atoms with Gasteiger partial charge in [0, 0.05) is 18.0 Å². The Morgan fingerprint density at radius 1 is 1.45 bits per heavy atom. The molecule has 3 N–H and O–H groups in total. The zero-order valence-corrected chi connectivity index (χ0v) is 11.9. The summed E-state index contributed by atoms with van der Waals surface area (Å²) in [6.45, 7) is 2.29. The summed E-state index contributed by atoms with van der Waals surface area (Å²) in [5.74, 6) is 2.81. The lowest BCUT2D eigenvalue weighted by atomic mass is 10.1. The maximum absolute atomic E-state index is 11.7. The predicted molar refractivity (Wildman–Crippen MR) is 81.3 cm³/mol. The number of nitrogens with one attached hydrogen (secondary N) is 2. The van der Waals surface area contributed by atoms with Gasteiger partial charge in [-0.05, 0) is 24.6 Å². The molecule has 0 spiro atoms. The fourth-order valence-electron chi connectivity index (χ4n) is 1.42. The monoisotopic (exact) mass is 292 g/mol. The van der Waals surface area contributed by atoms with Gasteiger partial charge in [0.15, 0.2) is 0 Å². The Bertz CT molecular complexity index is 538. The Balaban J connectivity index is 2.51. The summed E-state index contributed by atoms with van der Waals surface area (Å²) in [4.78, 5) is 22.5. The number of amides is 2. The molecule has 0 saturated heterocycles. The van der Waals surface area contributed by atoms with E-state index in [1.807, 2.05) is 0 Å². The number of aromatic carboxylic acids is 1. The molecule has 0 aliphatic rings. The summed E-state index contributed by atoms with van der Waals surface area (Å²) in [5, 5.41) is 14.2. The van der Waals surface area contributed by atoms with Gasteiger partial charge in [0.2, 0.25) is 0 Å². The zero-order chi connectivity index (χ0) is 15.0. The number of benzene rings is 1. The van der Waals surface area contributed by atoms with Crippen molar-refractivity contribution in [3.05, 3.63) is 29.3 Å². The lowest BCUT2D eigenvalue weighted by Crippen LogP contribution is -2.30. The number of anilines is 1. The molecule has 1 aromatic carbocycles. The number of carboxylic acid groups (broad SMARTS) is 1. The summed E-state index contributed by atoms with van der Waals surface area (Å²) < 4.78 is 0. The number of hydrogen-bond donors (Lipinski definition) is 3. The summed E-state index contributed by atoms with van der Waals surface area (Å²) in [7, 11) is 0. The van der Waals surface area contributed by atoms with Crippen molar-refractivity contribution in [2.45, 2.75) is 6.92 Å². The molecule has 2 amide bonds. The number of aryl methyl sites for hydroxylation is 1. The number of rotatable bonds is 6. The van der Waals surface area contributed by atoms with Crippen molar-refractivity contribution >= 4 is 29.4 Å². The lowest BCUT2D eigenvalue weighted by molar-refractivity contribution is 0.0697. The highest BCUT2D eigenvalue weighted by Crippen LogP contribution is 2.16. The highest BCUT2D eigenvalue weighted by molar-refractivity contribution is 7.99. The van der Waals surface area contributed by atoms with Crippen LogP contribution < -0.4 is 10.6 Å². The Kier molecular flexibility index (Phi) is 6.47. The van der Waals surface area contributed by atoms with E-state index in [9.17, 15) is 9.59 Å². The molecule has 0 aromatic heterocycles. The molecule has 0 saturated carbocycles. The third kappa shape index (κ3) is 5.24. The highest BCUT2D eigenvalue weighted by atomic mass is 32.2. The lowest BCUT2D eigenvalue weighted by Gasteiger charge is -2.10. The zero-order valence-electron chi connectivity index (χ0n) is 11.1. The van der Waals surface area contributed by atoms with E-state index in [0.29, 0.717) is 18.0 Å². The van der Waals surface area contributed by atoms with E-state index in [4.69, 9.17) is 11.5 Å². The van der Waals surface area contributed by atoms with Crippen LogP contribution >= 0.6 is 11.8 Å². The van der Waals surface area contributed by atoms with Gasteiger partial charge in [0.1, 0.15) is 0 Å². The fraction of sp³-hybridized carbons (Fsp3) is 0.286. The summed E-state index contributed by atoms with van der Waals surface area (Å²) in [5.41, 5.74) is 1.42. The molecule has 106 valence electrons. The van der Waals surface area contributed by atoms with E-state index in [-0.39, 0.29) is 11.6 Å². The van der Waals surface area contributed by atoms with Crippen molar-refractivity contribution in [3.8, 4) is 12.3 Å². The van der Waals surface area contributed by atoms with E-state index in [1.165, 1.54) is 12.1 Å². The van der Waals surface area contributed by atoms with Crippen LogP contribution in [0.1, 0.15) is 15.9 Å². The minimum Gasteiger partial charge on any atom is -0.478 e. The van der Waals surface area contributed by atoms with Crippen LogP contribution in [0.5, 0.6) is 0 Å². The number of carbonyl (C=O) groups excluding carboxylic acids is 1. The molecule has 0 radical (unpaired) electrons.